The summed E-state index contributed by atoms with van der Waals surface area (Å²) >= 11 is 0. The van der Waals surface area contributed by atoms with E-state index in [4.69, 9.17) is 4.42 Å². The molecule has 116 valence electrons. The fourth-order valence-electron chi connectivity index (χ4n) is 3.06. The van der Waals surface area contributed by atoms with Crippen LogP contribution in [-0.4, -0.2) is 71.4 Å². The molecular weight excluding hydrogens is 268 g/mol. The highest BCUT2D eigenvalue weighted by Gasteiger charge is 2.37. The van der Waals surface area contributed by atoms with E-state index in [0.29, 0.717) is 5.92 Å². The third-order valence-corrected chi connectivity index (χ3v) is 4.41. The minimum absolute atomic E-state index is 0.00831. The van der Waals surface area contributed by atoms with Gasteiger partial charge in [0, 0.05) is 52.2 Å². The molecule has 0 radical (unpaired) electrons. The molecule has 0 aliphatic carbocycles. The Labute approximate surface area is 125 Å². The van der Waals surface area contributed by atoms with E-state index in [9.17, 15) is 4.79 Å². The summed E-state index contributed by atoms with van der Waals surface area (Å²) < 4.78 is 5.49. The highest BCUT2D eigenvalue weighted by molar-refractivity contribution is 5.82. The molecule has 6 nitrogen and oxygen atoms in total. The predicted molar refractivity (Wildman–Crippen MR) is 78.9 cm³/mol. The van der Waals surface area contributed by atoms with Crippen molar-refractivity contribution < 1.29 is 9.21 Å². The molecule has 0 unspecified atom stereocenters. The van der Waals surface area contributed by atoms with Gasteiger partial charge in [-0.1, -0.05) is 13.8 Å². The Morgan fingerprint density at radius 1 is 1.33 bits per heavy atom. The molecule has 1 amide bonds. The Morgan fingerprint density at radius 2 is 2.10 bits per heavy atom. The van der Waals surface area contributed by atoms with Gasteiger partial charge < -0.3 is 9.32 Å². The van der Waals surface area contributed by atoms with Crippen molar-refractivity contribution in [1.82, 2.24) is 19.7 Å². The van der Waals surface area contributed by atoms with Crippen molar-refractivity contribution in [3.63, 3.8) is 0 Å². The molecule has 3 rings (SSSR count). The first kappa shape index (κ1) is 14.5. The van der Waals surface area contributed by atoms with Crippen molar-refractivity contribution in [2.45, 2.75) is 32.4 Å². The second-order valence-corrected chi connectivity index (χ2v) is 6.38. The molecular formula is C15H24N4O2. The molecule has 2 aliphatic rings. The number of rotatable bonds is 3. The number of hydrogen-bond donors (Lipinski definition) is 0. The van der Waals surface area contributed by atoms with Gasteiger partial charge in [0.25, 0.3) is 0 Å². The molecule has 0 saturated carbocycles. The third-order valence-electron chi connectivity index (χ3n) is 4.41. The van der Waals surface area contributed by atoms with Crippen molar-refractivity contribution in [3.8, 4) is 0 Å². The highest BCUT2D eigenvalue weighted by atomic mass is 16.3. The van der Waals surface area contributed by atoms with Crippen molar-refractivity contribution in [2.24, 2.45) is 0 Å². The van der Waals surface area contributed by atoms with E-state index in [2.05, 4.69) is 28.6 Å². The molecule has 1 aromatic rings. The smallest absolute Gasteiger partial charge is 0.241 e. The normalized spacial score (nSPS) is 24.7. The summed E-state index contributed by atoms with van der Waals surface area (Å²) in [6.45, 7) is 9.47. The van der Waals surface area contributed by atoms with Crippen molar-refractivity contribution in [2.75, 3.05) is 39.8 Å². The average molecular weight is 292 g/mol. The second-order valence-electron chi connectivity index (χ2n) is 6.38. The molecule has 0 bridgehead atoms. The Kier molecular flexibility index (Phi) is 3.99. The van der Waals surface area contributed by atoms with Crippen LogP contribution < -0.4 is 0 Å². The van der Waals surface area contributed by atoms with Gasteiger partial charge in [0.05, 0.1) is 5.69 Å². The van der Waals surface area contributed by atoms with Crippen LogP contribution in [0.4, 0.5) is 0 Å². The summed E-state index contributed by atoms with van der Waals surface area (Å²) in [7, 11) is 1.89. The molecule has 3 heterocycles. The Morgan fingerprint density at radius 3 is 2.81 bits per heavy atom. The lowest BCUT2D eigenvalue weighted by atomic mass is 10.1. The maximum atomic E-state index is 12.3. The van der Waals surface area contributed by atoms with E-state index in [-0.39, 0.29) is 11.9 Å². The molecule has 0 spiro atoms. The first-order valence-electron chi connectivity index (χ1n) is 7.70. The van der Waals surface area contributed by atoms with Gasteiger partial charge >= 0.3 is 0 Å². The highest BCUT2D eigenvalue weighted by Crippen LogP contribution is 2.19. The summed E-state index contributed by atoms with van der Waals surface area (Å²) in [6, 6.07) is 0.00831. The first-order valence-corrected chi connectivity index (χ1v) is 7.70. The zero-order valence-corrected chi connectivity index (χ0v) is 13.1. The number of likely N-dealkylation sites (N-methyl/N-ethyl adjacent to an activating group) is 1. The Hall–Kier alpha value is -1.40. The van der Waals surface area contributed by atoms with Gasteiger partial charge in [-0.15, -0.1) is 0 Å². The van der Waals surface area contributed by atoms with Crippen LogP contribution in [0.3, 0.4) is 0 Å². The lowest BCUT2D eigenvalue weighted by Crippen LogP contribution is -2.63. The van der Waals surface area contributed by atoms with Crippen LogP contribution in [0.25, 0.3) is 0 Å². The van der Waals surface area contributed by atoms with Crippen LogP contribution in [-0.2, 0) is 11.3 Å². The monoisotopic (exact) mass is 292 g/mol. The third kappa shape index (κ3) is 2.96. The molecule has 1 aromatic heterocycles. The summed E-state index contributed by atoms with van der Waals surface area (Å²) in [6.07, 6.45) is 1.75. The van der Waals surface area contributed by atoms with Crippen molar-refractivity contribution >= 4 is 5.91 Å². The largest absolute Gasteiger partial charge is 0.448 e. The number of aromatic nitrogens is 1. The SMILES string of the molecule is CC(C)c1nc(CN2CCN3CCN(C)C(=O)[C@@H]3C2)co1. The molecule has 0 N–H and O–H groups in total. The van der Waals surface area contributed by atoms with Gasteiger partial charge in [0.15, 0.2) is 5.89 Å². The lowest BCUT2D eigenvalue weighted by Gasteiger charge is -2.45. The topological polar surface area (TPSA) is 52.8 Å². The van der Waals surface area contributed by atoms with E-state index in [1.54, 1.807) is 6.26 Å². The summed E-state index contributed by atoms with van der Waals surface area (Å²) in [5.41, 5.74) is 0.962. The van der Waals surface area contributed by atoms with Gasteiger partial charge in [-0.25, -0.2) is 4.98 Å². The number of oxazole rings is 1. The van der Waals surface area contributed by atoms with Crippen LogP contribution in [0.2, 0.25) is 0 Å². The van der Waals surface area contributed by atoms with Crippen LogP contribution in [0.1, 0.15) is 31.4 Å². The molecule has 2 aliphatic heterocycles. The predicted octanol–water partition coefficient (Wildman–Crippen LogP) is 0.756. The Bertz CT molecular complexity index is 514. The molecule has 2 saturated heterocycles. The van der Waals surface area contributed by atoms with Crippen molar-refractivity contribution in [1.29, 1.82) is 0 Å². The van der Waals surface area contributed by atoms with Gasteiger partial charge in [-0.3, -0.25) is 14.6 Å². The fraction of sp³-hybridized carbons (Fsp3) is 0.733. The minimum atomic E-state index is 0.00831. The number of piperazine rings is 2. The summed E-state index contributed by atoms with van der Waals surface area (Å²) in [5, 5.41) is 0. The Balaban J connectivity index is 1.63. The maximum Gasteiger partial charge on any atom is 0.241 e. The number of hydrogen-bond acceptors (Lipinski definition) is 5. The second kappa shape index (κ2) is 5.77. The van der Waals surface area contributed by atoms with E-state index in [1.807, 2.05) is 11.9 Å². The molecule has 21 heavy (non-hydrogen) atoms. The number of amides is 1. The van der Waals surface area contributed by atoms with Crippen LogP contribution >= 0.6 is 0 Å². The molecule has 2 fully saturated rings. The van der Waals surface area contributed by atoms with Gasteiger partial charge in [0.2, 0.25) is 5.91 Å². The van der Waals surface area contributed by atoms with Crippen LogP contribution in [0.5, 0.6) is 0 Å². The van der Waals surface area contributed by atoms with E-state index >= 15 is 0 Å². The first-order chi connectivity index (χ1) is 10.0. The van der Waals surface area contributed by atoms with E-state index in [0.717, 1.165) is 50.9 Å². The number of carbonyl (C=O) groups excluding carboxylic acids is 1. The number of fused-ring (bicyclic) bond motifs is 1. The fourth-order valence-corrected chi connectivity index (χ4v) is 3.06. The molecule has 6 heteroatoms. The van der Waals surface area contributed by atoms with Gasteiger partial charge in [-0.2, -0.15) is 0 Å². The average Bonchev–Trinajstić information content (AvgIpc) is 2.92. The zero-order valence-electron chi connectivity index (χ0n) is 13.1. The summed E-state index contributed by atoms with van der Waals surface area (Å²) in [5.74, 6) is 1.34. The van der Waals surface area contributed by atoms with E-state index in [1.165, 1.54) is 0 Å². The standard InChI is InChI=1S/C15H24N4O2/c1-11(2)14-16-12(10-21-14)8-18-5-7-19-6-4-17(3)15(20)13(19)9-18/h10-11,13H,4-9H2,1-3H3/t13-/m0/s1. The van der Waals surface area contributed by atoms with Gasteiger partial charge in [-0.05, 0) is 0 Å². The zero-order chi connectivity index (χ0) is 15.0. The number of carbonyl (C=O) groups is 1. The lowest BCUT2D eigenvalue weighted by molar-refractivity contribution is -0.143. The van der Waals surface area contributed by atoms with Crippen LogP contribution in [0.15, 0.2) is 10.7 Å². The summed E-state index contributed by atoms with van der Waals surface area (Å²) in [4.78, 5) is 23.3. The van der Waals surface area contributed by atoms with Crippen LogP contribution in [0, 0.1) is 0 Å². The quantitative estimate of drug-likeness (QED) is 0.823. The number of nitrogens with zero attached hydrogens (tertiary/aromatic N) is 4. The minimum Gasteiger partial charge on any atom is -0.448 e. The van der Waals surface area contributed by atoms with Crippen molar-refractivity contribution in [3.05, 3.63) is 17.8 Å². The molecule has 1 atom stereocenters. The van der Waals surface area contributed by atoms with Gasteiger partial charge in [0.1, 0.15) is 12.3 Å². The molecule has 0 aromatic carbocycles. The van der Waals surface area contributed by atoms with E-state index < -0.39 is 0 Å². The maximum absolute atomic E-state index is 12.3.